The minimum absolute atomic E-state index is 0.0759. The van der Waals surface area contributed by atoms with E-state index in [9.17, 15) is 18.4 Å². The number of ether oxygens (including phenoxy) is 1. The van der Waals surface area contributed by atoms with Gasteiger partial charge in [0.1, 0.15) is 11.6 Å². The van der Waals surface area contributed by atoms with Crippen LogP contribution < -0.4 is 15.6 Å². The zero-order valence-corrected chi connectivity index (χ0v) is 19.0. The summed E-state index contributed by atoms with van der Waals surface area (Å²) in [6.07, 6.45) is 5.22. The summed E-state index contributed by atoms with van der Waals surface area (Å²) >= 11 is 0. The van der Waals surface area contributed by atoms with Gasteiger partial charge >= 0.3 is 6.09 Å². The molecule has 1 N–H and O–H groups in total. The molecule has 2 heterocycles. The molecule has 178 valence electrons. The molecule has 4 aromatic rings. The van der Waals surface area contributed by atoms with Crippen LogP contribution in [0.5, 0.6) is 5.75 Å². The van der Waals surface area contributed by atoms with Crippen LogP contribution in [-0.2, 0) is 0 Å². The number of rotatable bonds is 5. The summed E-state index contributed by atoms with van der Waals surface area (Å²) < 4.78 is 35.3. The van der Waals surface area contributed by atoms with Gasteiger partial charge in [-0.2, -0.15) is 0 Å². The van der Waals surface area contributed by atoms with Gasteiger partial charge < -0.3 is 10.1 Å². The molecule has 2 aromatic heterocycles. The Balaban J connectivity index is 1.55. The highest BCUT2D eigenvalue weighted by atomic mass is 19.1. The number of fused-ring (bicyclic) bond motifs is 1. The molecule has 8 heteroatoms. The van der Waals surface area contributed by atoms with Crippen molar-refractivity contribution in [3.63, 3.8) is 0 Å². The second-order valence-corrected chi connectivity index (χ2v) is 8.68. The SMILES string of the molecule is Cc1c(OC(=O)N[C@H](c2ccc(F)cc2)C2CCC2)c2cccc(F)c2c(=O)n1-c1cccnc1. The Bertz CT molecular complexity index is 1450. The van der Waals surface area contributed by atoms with Crippen LogP contribution >= 0.6 is 0 Å². The number of amides is 1. The highest BCUT2D eigenvalue weighted by Crippen LogP contribution is 2.38. The Morgan fingerprint density at radius 3 is 2.54 bits per heavy atom. The van der Waals surface area contributed by atoms with E-state index in [0.717, 1.165) is 24.8 Å². The van der Waals surface area contributed by atoms with Crippen LogP contribution in [0.2, 0.25) is 0 Å². The van der Waals surface area contributed by atoms with E-state index < -0.39 is 17.5 Å². The molecule has 0 unspecified atom stereocenters. The number of aromatic nitrogens is 2. The summed E-state index contributed by atoms with van der Waals surface area (Å²) in [5.41, 5.74) is 0.957. The van der Waals surface area contributed by atoms with Gasteiger partial charge in [0.2, 0.25) is 0 Å². The zero-order chi connectivity index (χ0) is 24.5. The van der Waals surface area contributed by atoms with E-state index >= 15 is 0 Å². The van der Waals surface area contributed by atoms with Crippen molar-refractivity contribution in [3.8, 4) is 11.4 Å². The van der Waals surface area contributed by atoms with Gasteiger partial charge in [-0.1, -0.05) is 30.7 Å². The van der Waals surface area contributed by atoms with Crippen molar-refractivity contribution in [1.29, 1.82) is 0 Å². The van der Waals surface area contributed by atoms with Crippen LogP contribution in [0.25, 0.3) is 16.5 Å². The van der Waals surface area contributed by atoms with Crippen molar-refractivity contribution in [3.05, 3.63) is 100 Å². The molecule has 35 heavy (non-hydrogen) atoms. The zero-order valence-electron chi connectivity index (χ0n) is 19.0. The number of nitrogens with zero attached hydrogens (tertiary/aromatic N) is 2. The van der Waals surface area contributed by atoms with Gasteiger partial charge in [-0.25, -0.2) is 13.6 Å². The Morgan fingerprint density at radius 1 is 1.11 bits per heavy atom. The number of pyridine rings is 2. The Morgan fingerprint density at radius 2 is 1.89 bits per heavy atom. The first-order valence-electron chi connectivity index (χ1n) is 11.4. The Labute approximate surface area is 200 Å². The lowest BCUT2D eigenvalue weighted by Crippen LogP contribution is -2.38. The van der Waals surface area contributed by atoms with Gasteiger partial charge in [-0.3, -0.25) is 14.3 Å². The molecule has 6 nitrogen and oxygen atoms in total. The molecule has 5 rings (SSSR count). The third-order valence-electron chi connectivity index (χ3n) is 6.56. The van der Waals surface area contributed by atoms with Crippen molar-refractivity contribution in [2.24, 2.45) is 5.92 Å². The van der Waals surface area contributed by atoms with Crippen LogP contribution in [0, 0.1) is 24.5 Å². The predicted octanol–water partition coefficient (Wildman–Crippen LogP) is 5.60. The maximum atomic E-state index is 14.8. The third-order valence-corrected chi connectivity index (χ3v) is 6.56. The number of benzene rings is 2. The number of hydrogen-bond acceptors (Lipinski definition) is 4. The minimum atomic E-state index is -0.740. The Hall–Kier alpha value is -4.07. The lowest BCUT2D eigenvalue weighted by Gasteiger charge is -2.34. The summed E-state index contributed by atoms with van der Waals surface area (Å²) in [7, 11) is 0. The molecule has 0 saturated heterocycles. The first-order chi connectivity index (χ1) is 16.9. The summed E-state index contributed by atoms with van der Waals surface area (Å²) in [4.78, 5) is 30.4. The smallest absolute Gasteiger partial charge is 0.408 e. The molecular weight excluding hydrogens is 452 g/mol. The van der Waals surface area contributed by atoms with Gasteiger partial charge in [-0.05, 0) is 61.6 Å². The van der Waals surface area contributed by atoms with Crippen LogP contribution in [0.1, 0.15) is 36.6 Å². The van der Waals surface area contributed by atoms with Crippen LogP contribution in [0.3, 0.4) is 0 Å². The minimum Gasteiger partial charge on any atom is -0.408 e. The standard InChI is InChI=1S/C27H23F2N3O3/c1-16-25(35-27(34)31-24(17-5-2-6-17)18-10-12-19(28)13-11-18)21-8-3-9-22(29)23(21)26(33)32(16)20-7-4-14-30-15-20/h3-4,7-15,17,24H,2,5-6H2,1H3,(H,31,34)/t24-/m0/s1. The highest BCUT2D eigenvalue weighted by molar-refractivity contribution is 5.91. The summed E-state index contributed by atoms with van der Waals surface area (Å²) in [5, 5.41) is 2.92. The van der Waals surface area contributed by atoms with Gasteiger partial charge in [0, 0.05) is 11.6 Å². The molecule has 0 bridgehead atoms. The number of carbonyl (C=O) groups excluding carboxylic acids is 1. The van der Waals surface area contributed by atoms with Crippen molar-refractivity contribution < 1.29 is 18.3 Å². The predicted molar refractivity (Wildman–Crippen MR) is 128 cm³/mol. The monoisotopic (exact) mass is 475 g/mol. The quantitative estimate of drug-likeness (QED) is 0.408. The lowest BCUT2D eigenvalue weighted by molar-refractivity contribution is 0.176. The van der Waals surface area contributed by atoms with Crippen molar-refractivity contribution in [2.75, 3.05) is 0 Å². The van der Waals surface area contributed by atoms with E-state index in [1.807, 2.05) is 0 Å². The number of nitrogens with one attached hydrogen (secondary N) is 1. The fraction of sp³-hybridized carbons (Fsp3) is 0.222. The molecule has 1 aliphatic carbocycles. The molecule has 1 atom stereocenters. The van der Waals surface area contributed by atoms with Gasteiger partial charge in [-0.15, -0.1) is 0 Å². The second-order valence-electron chi connectivity index (χ2n) is 8.68. The first kappa shape index (κ1) is 22.7. The maximum Gasteiger partial charge on any atom is 0.413 e. The number of carbonyl (C=O) groups is 1. The van der Waals surface area contributed by atoms with E-state index in [2.05, 4.69) is 10.3 Å². The van der Waals surface area contributed by atoms with E-state index in [0.29, 0.717) is 11.4 Å². The molecule has 0 aliphatic heterocycles. The molecule has 0 spiro atoms. The molecule has 1 aliphatic rings. The van der Waals surface area contributed by atoms with Crippen LogP contribution in [-0.4, -0.2) is 15.6 Å². The largest absolute Gasteiger partial charge is 0.413 e. The van der Waals surface area contributed by atoms with Gasteiger partial charge in [0.05, 0.1) is 29.0 Å². The van der Waals surface area contributed by atoms with E-state index in [1.165, 1.54) is 35.0 Å². The topological polar surface area (TPSA) is 73.2 Å². The highest BCUT2D eigenvalue weighted by Gasteiger charge is 2.31. The van der Waals surface area contributed by atoms with E-state index in [4.69, 9.17) is 4.74 Å². The first-order valence-corrected chi connectivity index (χ1v) is 11.4. The molecule has 1 fully saturated rings. The molecule has 0 radical (unpaired) electrons. The summed E-state index contributed by atoms with van der Waals surface area (Å²) in [6, 6.07) is 13.2. The fourth-order valence-electron chi connectivity index (χ4n) is 4.58. The molecular formula is C27H23F2N3O3. The van der Waals surface area contributed by atoms with Gasteiger partial charge in [0.25, 0.3) is 5.56 Å². The van der Waals surface area contributed by atoms with Crippen molar-refractivity contribution in [1.82, 2.24) is 14.9 Å². The molecule has 1 saturated carbocycles. The lowest BCUT2D eigenvalue weighted by atomic mass is 9.77. The number of halogens is 2. The molecule has 2 aromatic carbocycles. The average Bonchev–Trinajstić information content (AvgIpc) is 2.81. The summed E-state index contributed by atoms with van der Waals surface area (Å²) in [5.74, 6) is -0.793. The van der Waals surface area contributed by atoms with Gasteiger partial charge in [0.15, 0.2) is 5.75 Å². The molecule has 1 amide bonds. The van der Waals surface area contributed by atoms with Crippen LogP contribution in [0.15, 0.2) is 71.8 Å². The normalized spacial score (nSPS) is 14.4. The van der Waals surface area contributed by atoms with E-state index in [-0.39, 0.29) is 34.3 Å². The van der Waals surface area contributed by atoms with Crippen LogP contribution in [0.4, 0.5) is 13.6 Å². The van der Waals surface area contributed by atoms with Crippen molar-refractivity contribution >= 4 is 16.9 Å². The second kappa shape index (κ2) is 9.29. The van der Waals surface area contributed by atoms with E-state index in [1.54, 1.807) is 43.5 Å². The Kier molecular flexibility index (Phi) is 6.03. The maximum absolute atomic E-state index is 14.8. The summed E-state index contributed by atoms with van der Waals surface area (Å²) in [6.45, 7) is 1.63. The fourth-order valence-corrected chi connectivity index (χ4v) is 4.58. The average molecular weight is 475 g/mol. The third kappa shape index (κ3) is 4.27. The van der Waals surface area contributed by atoms with Crippen molar-refractivity contribution in [2.45, 2.75) is 32.2 Å². The number of hydrogen-bond donors (Lipinski definition) is 1.